The first-order chi connectivity index (χ1) is 12.3. The predicted molar refractivity (Wildman–Crippen MR) is 116 cm³/mol. The number of rotatable bonds is 6. The molecule has 1 aromatic rings. The van der Waals surface area contributed by atoms with Crippen LogP contribution in [0.3, 0.4) is 0 Å². The Bertz CT molecular complexity index is 837. The summed E-state index contributed by atoms with van der Waals surface area (Å²) in [5.41, 5.74) is 4.79. The molecular formula is C20H28IO5P. The zero-order valence-corrected chi connectivity index (χ0v) is 19.5. The third-order valence-electron chi connectivity index (χ3n) is 4.85. The molecule has 5 nitrogen and oxygen atoms in total. The van der Waals surface area contributed by atoms with E-state index in [-0.39, 0.29) is 5.92 Å². The maximum atomic E-state index is 11.1. The lowest BCUT2D eigenvalue weighted by Gasteiger charge is -2.33. The van der Waals surface area contributed by atoms with Gasteiger partial charge in [-0.2, -0.15) is 0 Å². The van der Waals surface area contributed by atoms with Gasteiger partial charge < -0.3 is 19.6 Å². The molecule has 1 atom stereocenters. The molecule has 0 saturated heterocycles. The summed E-state index contributed by atoms with van der Waals surface area (Å²) in [5, 5.41) is 10.3. The Morgan fingerprint density at radius 3 is 2.44 bits per heavy atom. The standard InChI is InChI=1S/C20H28IO5P/c1-12(2)16-6-15(8-18(21)19(16)22)7-17-13(3)9-20(5,10-14(17)4)26-11-27(23,24)25/h6,8-9,12,22H,7,10-11H2,1-5H3,(H2,23,24,25). The molecule has 0 fully saturated rings. The predicted octanol–water partition coefficient (Wildman–Crippen LogP) is 5.24. The minimum atomic E-state index is -4.20. The van der Waals surface area contributed by atoms with Crippen LogP contribution in [-0.2, 0) is 15.7 Å². The Kier molecular flexibility index (Phi) is 7.02. The van der Waals surface area contributed by atoms with Crippen molar-refractivity contribution in [1.82, 2.24) is 0 Å². The number of halogens is 1. The lowest BCUT2D eigenvalue weighted by Crippen LogP contribution is -2.30. The number of benzene rings is 1. The maximum absolute atomic E-state index is 11.1. The molecular weight excluding hydrogens is 478 g/mol. The van der Waals surface area contributed by atoms with Gasteiger partial charge in [0.2, 0.25) is 0 Å². The summed E-state index contributed by atoms with van der Waals surface area (Å²) >= 11 is 2.16. The van der Waals surface area contributed by atoms with Crippen LogP contribution in [0.2, 0.25) is 0 Å². The first kappa shape index (κ1) is 22.6. The number of phenolic OH excluding ortho intramolecular Hbond substituents is 1. The summed E-state index contributed by atoms with van der Waals surface area (Å²) in [6, 6.07) is 4.07. The van der Waals surface area contributed by atoms with Crippen LogP contribution in [0.1, 0.15) is 58.1 Å². The third kappa shape index (κ3) is 5.91. The molecule has 7 heteroatoms. The normalized spacial score (nSPS) is 21.0. The Morgan fingerprint density at radius 1 is 1.30 bits per heavy atom. The van der Waals surface area contributed by atoms with E-state index in [1.807, 2.05) is 32.9 Å². The van der Waals surface area contributed by atoms with Gasteiger partial charge in [-0.1, -0.05) is 25.5 Å². The fraction of sp³-hybridized carbons (Fsp3) is 0.500. The minimum absolute atomic E-state index is 0.237. The van der Waals surface area contributed by atoms with Crippen LogP contribution in [0.15, 0.2) is 34.9 Å². The number of ether oxygens (including phenoxy) is 1. The summed E-state index contributed by atoms with van der Waals surface area (Å²) < 4.78 is 17.5. The molecule has 0 aliphatic heterocycles. The molecule has 0 saturated carbocycles. The first-order valence-corrected chi connectivity index (χ1v) is 11.8. The van der Waals surface area contributed by atoms with E-state index in [1.165, 1.54) is 5.57 Å². The monoisotopic (exact) mass is 506 g/mol. The fourth-order valence-corrected chi connectivity index (χ4v) is 4.78. The number of allylic oxidation sites excluding steroid dienone is 2. The molecule has 27 heavy (non-hydrogen) atoms. The largest absolute Gasteiger partial charge is 0.507 e. The summed E-state index contributed by atoms with van der Waals surface area (Å²) in [4.78, 5) is 18.2. The van der Waals surface area contributed by atoms with Gasteiger partial charge >= 0.3 is 7.60 Å². The van der Waals surface area contributed by atoms with E-state index in [4.69, 9.17) is 14.5 Å². The quantitative estimate of drug-likeness (QED) is 0.363. The van der Waals surface area contributed by atoms with Crippen LogP contribution in [0.25, 0.3) is 0 Å². The summed E-state index contributed by atoms with van der Waals surface area (Å²) in [7, 11) is -4.20. The van der Waals surface area contributed by atoms with Crippen molar-refractivity contribution >= 4 is 30.2 Å². The van der Waals surface area contributed by atoms with Gasteiger partial charge in [-0.25, -0.2) is 0 Å². The van der Waals surface area contributed by atoms with E-state index >= 15 is 0 Å². The van der Waals surface area contributed by atoms with Crippen molar-refractivity contribution in [2.45, 2.75) is 59.0 Å². The zero-order valence-electron chi connectivity index (χ0n) is 16.4. The van der Waals surface area contributed by atoms with Crippen LogP contribution in [0.4, 0.5) is 0 Å². The van der Waals surface area contributed by atoms with Crippen LogP contribution in [0.5, 0.6) is 5.75 Å². The molecule has 3 N–H and O–H groups in total. The van der Waals surface area contributed by atoms with Gasteiger partial charge in [0.1, 0.15) is 12.1 Å². The highest BCUT2D eigenvalue weighted by atomic mass is 127. The average Bonchev–Trinajstić information content (AvgIpc) is 2.51. The van der Waals surface area contributed by atoms with E-state index < -0.39 is 19.5 Å². The van der Waals surface area contributed by atoms with Crippen molar-refractivity contribution in [3.05, 3.63) is 49.6 Å². The first-order valence-electron chi connectivity index (χ1n) is 8.89. The Balaban J connectivity index is 2.27. The van der Waals surface area contributed by atoms with E-state index in [2.05, 4.69) is 42.5 Å². The van der Waals surface area contributed by atoms with E-state index in [0.717, 1.165) is 32.3 Å². The Morgan fingerprint density at radius 2 is 1.93 bits per heavy atom. The molecule has 1 aromatic carbocycles. The van der Waals surface area contributed by atoms with E-state index in [0.29, 0.717) is 12.2 Å². The van der Waals surface area contributed by atoms with Crippen molar-refractivity contribution in [1.29, 1.82) is 0 Å². The molecule has 1 unspecified atom stereocenters. The van der Waals surface area contributed by atoms with Gasteiger partial charge in [-0.15, -0.1) is 0 Å². The second-order valence-electron chi connectivity index (χ2n) is 7.86. The van der Waals surface area contributed by atoms with Crippen LogP contribution >= 0.6 is 30.2 Å². The van der Waals surface area contributed by atoms with Crippen LogP contribution in [-0.4, -0.2) is 26.8 Å². The lowest BCUT2D eigenvalue weighted by atomic mass is 9.81. The van der Waals surface area contributed by atoms with Gasteiger partial charge in [0.25, 0.3) is 0 Å². The highest BCUT2D eigenvalue weighted by molar-refractivity contribution is 14.1. The number of hydrogen-bond donors (Lipinski definition) is 3. The molecule has 2 rings (SSSR count). The van der Waals surface area contributed by atoms with Crippen molar-refractivity contribution in [2.24, 2.45) is 0 Å². The number of phenols is 1. The van der Waals surface area contributed by atoms with E-state index in [9.17, 15) is 9.67 Å². The highest BCUT2D eigenvalue weighted by Gasteiger charge is 2.31. The molecule has 1 aliphatic rings. The van der Waals surface area contributed by atoms with Crippen LogP contribution < -0.4 is 0 Å². The van der Waals surface area contributed by atoms with Gasteiger partial charge in [-0.05, 0) is 90.1 Å². The second kappa shape index (κ2) is 8.37. The fourth-order valence-electron chi connectivity index (χ4n) is 3.61. The van der Waals surface area contributed by atoms with Crippen LogP contribution in [0, 0.1) is 3.57 Å². The molecule has 0 bridgehead atoms. The molecule has 0 aromatic heterocycles. The summed E-state index contributed by atoms with van der Waals surface area (Å²) in [5.74, 6) is 0.593. The SMILES string of the molecule is CC1=CC(C)(OCP(=O)(O)O)CC(C)=C1Cc1cc(I)c(O)c(C(C)C)c1. The topological polar surface area (TPSA) is 87.0 Å². The highest BCUT2D eigenvalue weighted by Crippen LogP contribution is 2.41. The Hall–Kier alpha value is -0.660. The molecule has 0 heterocycles. The number of hydrogen-bond acceptors (Lipinski definition) is 3. The van der Waals surface area contributed by atoms with Crippen molar-refractivity contribution < 1.29 is 24.2 Å². The average molecular weight is 506 g/mol. The van der Waals surface area contributed by atoms with Crippen molar-refractivity contribution in [3.8, 4) is 5.75 Å². The maximum Gasteiger partial charge on any atom is 0.351 e. The molecule has 0 radical (unpaired) electrons. The smallest absolute Gasteiger partial charge is 0.351 e. The second-order valence-corrected chi connectivity index (χ2v) is 10.6. The minimum Gasteiger partial charge on any atom is -0.507 e. The van der Waals surface area contributed by atoms with Gasteiger partial charge in [0.15, 0.2) is 0 Å². The number of aromatic hydroxyl groups is 1. The molecule has 150 valence electrons. The summed E-state index contributed by atoms with van der Waals surface area (Å²) in [6.07, 6.45) is 2.72. The molecule has 1 aliphatic carbocycles. The Labute approximate surface area is 174 Å². The van der Waals surface area contributed by atoms with Crippen molar-refractivity contribution in [2.75, 3.05) is 6.35 Å². The van der Waals surface area contributed by atoms with Gasteiger partial charge in [0.05, 0.1) is 9.17 Å². The zero-order chi connectivity index (χ0) is 20.6. The van der Waals surface area contributed by atoms with Gasteiger partial charge in [-0.3, -0.25) is 4.57 Å². The molecule has 0 spiro atoms. The van der Waals surface area contributed by atoms with Crippen molar-refractivity contribution in [3.63, 3.8) is 0 Å². The lowest BCUT2D eigenvalue weighted by molar-refractivity contribution is 0.0241. The third-order valence-corrected chi connectivity index (χ3v) is 6.13. The summed E-state index contributed by atoms with van der Waals surface area (Å²) in [6.45, 7) is 10.0. The van der Waals surface area contributed by atoms with Gasteiger partial charge in [0, 0.05) is 6.42 Å². The van der Waals surface area contributed by atoms with E-state index in [1.54, 1.807) is 0 Å². The molecule has 0 amide bonds.